The third-order valence-corrected chi connectivity index (χ3v) is 2.53. The molecule has 1 atom stereocenters. The molecule has 0 fully saturated rings. The van der Waals surface area contributed by atoms with E-state index in [0.29, 0.717) is 0 Å². The van der Waals surface area contributed by atoms with Crippen molar-refractivity contribution in [2.45, 2.75) is 26.7 Å². The van der Waals surface area contributed by atoms with Gasteiger partial charge in [-0.1, -0.05) is 24.6 Å². The van der Waals surface area contributed by atoms with Gasteiger partial charge in [0.15, 0.2) is 0 Å². The minimum absolute atomic E-state index is 0.119. The molecule has 0 aliphatic rings. The summed E-state index contributed by atoms with van der Waals surface area (Å²) in [4.78, 5) is 10.6. The quantitative estimate of drug-likeness (QED) is 0.833. The minimum Gasteiger partial charge on any atom is -0.496 e. The Morgan fingerprint density at radius 3 is 2.75 bits per heavy atom. The fraction of sp³-hybridized carbons (Fsp3) is 0.462. The third kappa shape index (κ3) is 3.57. The number of carbonyl (C=O) groups is 1. The van der Waals surface area contributed by atoms with Gasteiger partial charge in [-0.3, -0.25) is 4.79 Å². The van der Waals surface area contributed by atoms with E-state index in [4.69, 9.17) is 9.84 Å². The lowest BCUT2D eigenvalue weighted by Gasteiger charge is -2.13. The van der Waals surface area contributed by atoms with E-state index in [0.717, 1.165) is 17.7 Å². The number of aryl methyl sites for hydroxylation is 1. The number of carboxylic acid groups (broad SMARTS) is 1. The number of methoxy groups -OCH3 is 1. The minimum atomic E-state index is -0.751. The number of benzene rings is 1. The summed E-state index contributed by atoms with van der Waals surface area (Å²) in [5.41, 5.74) is 2.24. The SMILES string of the molecule is COc1ccc(C)cc1CC(C)CC(=O)O. The Kier molecular flexibility index (Phi) is 4.35. The molecule has 0 aliphatic carbocycles. The molecule has 3 nitrogen and oxygen atoms in total. The topological polar surface area (TPSA) is 46.5 Å². The van der Waals surface area contributed by atoms with Gasteiger partial charge in [-0.2, -0.15) is 0 Å². The van der Waals surface area contributed by atoms with Crippen molar-refractivity contribution in [3.63, 3.8) is 0 Å². The normalized spacial score (nSPS) is 12.2. The number of rotatable bonds is 5. The first-order chi connectivity index (χ1) is 7.52. The van der Waals surface area contributed by atoms with Gasteiger partial charge in [0.25, 0.3) is 0 Å². The maximum absolute atomic E-state index is 10.6. The molecule has 0 aromatic heterocycles. The van der Waals surface area contributed by atoms with E-state index in [1.807, 2.05) is 26.0 Å². The summed E-state index contributed by atoms with van der Waals surface area (Å²) < 4.78 is 5.26. The molecular formula is C13H18O3. The molecule has 88 valence electrons. The molecule has 0 aliphatic heterocycles. The zero-order valence-electron chi connectivity index (χ0n) is 9.99. The molecule has 0 amide bonds. The third-order valence-electron chi connectivity index (χ3n) is 2.53. The summed E-state index contributed by atoms with van der Waals surface area (Å²) in [6.07, 6.45) is 0.925. The highest BCUT2D eigenvalue weighted by atomic mass is 16.5. The van der Waals surface area contributed by atoms with E-state index in [1.54, 1.807) is 7.11 Å². The van der Waals surface area contributed by atoms with Crippen LogP contribution in [0.5, 0.6) is 5.75 Å². The Morgan fingerprint density at radius 2 is 2.19 bits per heavy atom. The fourth-order valence-electron chi connectivity index (χ4n) is 1.81. The molecule has 1 aromatic rings. The van der Waals surface area contributed by atoms with Crippen LogP contribution in [0.25, 0.3) is 0 Å². The van der Waals surface area contributed by atoms with Gasteiger partial charge in [0.2, 0.25) is 0 Å². The summed E-state index contributed by atoms with van der Waals surface area (Å²) in [6.45, 7) is 3.96. The maximum Gasteiger partial charge on any atom is 0.303 e. The van der Waals surface area contributed by atoms with E-state index in [-0.39, 0.29) is 12.3 Å². The van der Waals surface area contributed by atoms with Crippen molar-refractivity contribution >= 4 is 5.97 Å². The van der Waals surface area contributed by atoms with Crippen LogP contribution < -0.4 is 4.74 Å². The lowest BCUT2D eigenvalue weighted by Crippen LogP contribution is -2.08. The van der Waals surface area contributed by atoms with E-state index in [9.17, 15) is 4.79 Å². The summed E-state index contributed by atoms with van der Waals surface area (Å²) >= 11 is 0. The molecule has 0 spiro atoms. The zero-order valence-corrected chi connectivity index (χ0v) is 9.99. The molecule has 0 heterocycles. The van der Waals surface area contributed by atoms with Crippen molar-refractivity contribution < 1.29 is 14.6 Å². The Hall–Kier alpha value is -1.51. The van der Waals surface area contributed by atoms with Crippen molar-refractivity contribution in [2.75, 3.05) is 7.11 Å². The largest absolute Gasteiger partial charge is 0.496 e. The molecule has 1 rings (SSSR count). The van der Waals surface area contributed by atoms with E-state index in [1.165, 1.54) is 5.56 Å². The van der Waals surface area contributed by atoms with Crippen LogP contribution in [0.4, 0.5) is 0 Å². The smallest absolute Gasteiger partial charge is 0.303 e. The highest BCUT2D eigenvalue weighted by Gasteiger charge is 2.11. The molecule has 0 saturated carbocycles. The monoisotopic (exact) mass is 222 g/mol. The van der Waals surface area contributed by atoms with Gasteiger partial charge in [-0.25, -0.2) is 0 Å². The van der Waals surface area contributed by atoms with Gasteiger partial charge in [-0.05, 0) is 30.9 Å². The van der Waals surface area contributed by atoms with Crippen LogP contribution in [0.2, 0.25) is 0 Å². The lowest BCUT2D eigenvalue weighted by atomic mass is 9.96. The first-order valence-electron chi connectivity index (χ1n) is 5.38. The Bertz CT molecular complexity index is 371. The van der Waals surface area contributed by atoms with Crippen LogP contribution in [-0.4, -0.2) is 18.2 Å². The first-order valence-corrected chi connectivity index (χ1v) is 5.38. The van der Waals surface area contributed by atoms with E-state index in [2.05, 4.69) is 6.07 Å². The molecule has 3 heteroatoms. The van der Waals surface area contributed by atoms with Crippen LogP contribution in [-0.2, 0) is 11.2 Å². The second-order valence-electron chi connectivity index (χ2n) is 4.22. The van der Waals surface area contributed by atoms with Gasteiger partial charge in [0.1, 0.15) is 5.75 Å². The molecule has 1 unspecified atom stereocenters. The van der Waals surface area contributed by atoms with Crippen LogP contribution in [0.3, 0.4) is 0 Å². The standard InChI is InChI=1S/C13H18O3/c1-9-4-5-12(16-3)11(6-9)7-10(2)8-13(14)15/h4-6,10H,7-8H2,1-3H3,(H,14,15). The van der Waals surface area contributed by atoms with Crippen molar-refractivity contribution in [1.82, 2.24) is 0 Å². The average Bonchev–Trinajstić information content (AvgIpc) is 2.16. The number of hydrogen-bond acceptors (Lipinski definition) is 2. The molecule has 16 heavy (non-hydrogen) atoms. The second kappa shape index (κ2) is 5.54. The molecule has 0 bridgehead atoms. The first kappa shape index (κ1) is 12.6. The fourth-order valence-corrected chi connectivity index (χ4v) is 1.81. The van der Waals surface area contributed by atoms with Gasteiger partial charge >= 0.3 is 5.97 Å². The highest BCUT2D eigenvalue weighted by Crippen LogP contribution is 2.23. The predicted octanol–water partition coefficient (Wildman–Crippen LogP) is 2.66. The number of aliphatic carboxylic acids is 1. The predicted molar refractivity (Wildman–Crippen MR) is 62.9 cm³/mol. The maximum atomic E-state index is 10.6. The van der Waals surface area contributed by atoms with E-state index < -0.39 is 5.97 Å². The summed E-state index contributed by atoms with van der Waals surface area (Å²) in [6, 6.07) is 5.97. The van der Waals surface area contributed by atoms with Crippen molar-refractivity contribution in [1.29, 1.82) is 0 Å². The average molecular weight is 222 g/mol. The van der Waals surface area contributed by atoms with Crippen LogP contribution in [0.1, 0.15) is 24.5 Å². The van der Waals surface area contributed by atoms with E-state index >= 15 is 0 Å². The van der Waals surface area contributed by atoms with Crippen molar-refractivity contribution in [2.24, 2.45) is 5.92 Å². The van der Waals surface area contributed by atoms with Crippen LogP contribution in [0, 0.1) is 12.8 Å². The summed E-state index contributed by atoms with van der Waals surface area (Å²) in [7, 11) is 1.63. The Morgan fingerprint density at radius 1 is 1.50 bits per heavy atom. The highest BCUT2D eigenvalue weighted by molar-refractivity contribution is 5.67. The van der Waals surface area contributed by atoms with Crippen molar-refractivity contribution in [3.05, 3.63) is 29.3 Å². The molecular weight excluding hydrogens is 204 g/mol. The van der Waals surface area contributed by atoms with Crippen LogP contribution in [0.15, 0.2) is 18.2 Å². The number of hydrogen-bond donors (Lipinski definition) is 1. The molecule has 0 radical (unpaired) electrons. The Labute approximate surface area is 96.1 Å². The second-order valence-corrected chi connectivity index (χ2v) is 4.22. The van der Waals surface area contributed by atoms with Gasteiger partial charge in [0, 0.05) is 6.42 Å². The summed E-state index contributed by atoms with van der Waals surface area (Å²) in [5, 5.41) is 8.71. The van der Waals surface area contributed by atoms with Gasteiger partial charge in [-0.15, -0.1) is 0 Å². The number of ether oxygens (including phenoxy) is 1. The van der Waals surface area contributed by atoms with Crippen LogP contribution >= 0.6 is 0 Å². The zero-order chi connectivity index (χ0) is 12.1. The van der Waals surface area contributed by atoms with Gasteiger partial charge in [0.05, 0.1) is 7.11 Å². The number of carboxylic acids is 1. The lowest BCUT2D eigenvalue weighted by molar-refractivity contribution is -0.137. The molecule has 0 saturated heterocycles. The van der Waals surface area contributed by atoms with Crippen molar-refractivity contribution in [3.8, 4) is 5.75 Å². The summed E-state index contributed by atoms with van der Waals surface area (Å²) in [5.74, 6) is 0.204. The Balaban J connectivity index is 2.78. The molecule has 1 N–H and O–H groups in total. The van der Waals surface area contributed by atoms with Gasteiger partial charge < -0.3 is 9.84 Å². The molecule has 1 aromatic carbocycles.